The fraction of sp³-hybridized carbons (Fsp3) is 0.842. The van der Waals surface area contributed by atoms with Crippen LogP contribution < -0.4 is 5.32 Å². The molecule has 0 saturated heterocycles. The van der Waals surface area contributed by atoms with Crippen molar-refractivity contribution >= 4 is 18.0 Å². The Kier molecular flexibility index (Phi) is 10.0. The van der Waals surface area contributed by atoms with Crippen molar-refractivity contribution in [1.29, 1.82) is 0 Å². The summed E-state index contributed by atoms with van der Waals surface area (Å²) in [6.07, 6.45) is -1.07. The third kappa shape index (κ3) is 14.4. The van der Waals surface area contributed by atoms with Crippen molar-refractivity contribution in [2.75, 3.05) is 13.2 Å². The lowest BCUT2D eigenvalue weighted by Crippen LogP contribution is -2.46. The number of carbonyl (C=O) groups is 3. The molecule has 0 aliphatic carbocycles. The summed E-state index contributed by atoms with van der Waals surface area (Å²) < 4.78 is 15.6. The van der Waals surface area contributed by atoms with Crippen LogP contribution in [0.4, 0.5) is 4.79 Å². The fourth-order valence-electron chi connectivity index (χ4n) is 1.95. The van der Waals surface area contributed by atoms with Crippen molar-refractivity contribution in [3.05, 3.63) is 10.1 Å². The number of nitrogens with one attached hydrogen (secondary N) is 1. The lowest BCUT2D eigenvalue weighted by atomic mass is 9.96. The molecule has 0 rings (SSSR count). The van der Waals surface area contributed by atoms with Crippen molar-refractivity contribution in [1.82, 2.24) is 5.32 Å². The molecule has 0 heterocycles. The van der Waals surface area contributed by atoms with E-state index in [1.807, 2.05) is 0 Å². The first-order valence-corrected chi connectivity index (χ1v) is 9.55. The van der Waals surface area contributed by atoms with Crippen LogP contribution in [-0.2, 0) is 28.6 Å². The van der Waals surface area contributed by atoms with Gasteiger partial charge in [-0.15, -0.1) is 10.1 Å². The monoisotopic (exact) mass is 434 g/mol. The van der Waals surface area contributed by atoms with Crippen LogP contribution in [0.5, 0.6) is 0 Å². The molecule has 0 saturated carbocycles. The molecule has 1 N–H and O–H groups in total. The zero-order valence-electron chi connectivity index (χ0n) is 19.0. The van der Waals surface area contributed by atoms with Gasteiger partial charge in [0.2, 0.25) is 0 Å². The van der Waals surface area contributed by atoms with Gasteiger partial charge in [0.05, 0.1) is 6.61 Å². The van der Waals surface area contributed by atoms with Crippen LogP contribution in [0.1, 0.15) is 68.2 Å². The van der Waals surface area contributed by atoms with Gasteiger partial charge in [0.25, 0.3) is 5.09 Å². The maximum absolute atomic E-state index is 12.4. The van der Waals surface area contributed by atoms with E-state index in [2.05, 4.69) is 10.2 Å². The van der Waals surface area contributed by atoms with Crippen molar-refractivity contribution in [2.24, 2.45) is 5.41 Å². The number of esters is 2. The Morgan fingerprint density at radius 3 is 1.93 bits per heavy atom. The molecule has 0 radical (unpaired) electrons. The maximum atomic E-state index is 12.4. The summed E-state index contributed by atoms with van der Waals surface area (Å²) in [6, 6.07) is -1.11. The number of hydrogen-bond donors (Lipinski definition) is 1. The Morgan fingerprint density at radius 1 is 0.933 bits per heavy atom. The van der Waals surface area contributed by atoms with E-state index in [1.54, 1.807) is 55.4 Å². The van der Waals surface area contributed by atoms with E-state index in [9.17, 15) is 24.5 Å². The standard InChI is InChI=1S/C19H34N2O9/c1-17(2,3)29-15(23)13(20-16(24)30-18(4,5)6)9-10-14(22)27-11-19(7,8)12-28-21(25)26/h13H,9-12H2,1-8H3,(H,20,24)/t13-/m0/s1. The number of nitrogens with zero attached hydrogens (tertiary/aromatic N) is 1. The molecule has 1 amide bonds. The molecule has 174 valence electrons. The van der Waals surface area contributed by atoms with Crippen molar-refractivity contribution in [3.8, 4) is 0 Å². The highest BCUT2D eigenvalue weighted by atomic mass is 16.9. The Morgan fingerprint density at radius 2 is 1.47 bits per heavy atom. The lowest BCUT2D eigenvalue weighted by Gasteiger charge is -2.26. The summed E-state index contributed by atoms with van der Waals surface area (Å²) in [6.45, 7) is 13.0. The zero-order valence-corrected chi connectivity index (χ0v) is 19.0. The molecular weight excluding hydrogens is 400 g/mol. The second-order valence-electron chi connectivity index (χ2n) is 9.59. The summed E-state index contributed by atoms with van der Waals surface area (Å²) in [4.78, 5) is 51.1. The minimum absolute atomic E-state index is 0.0706. The quantitative estimate of drug-likeness (QED) is 0.237. The average Bonchev–Trinajstić information content (AvgIpc) is 2.51. The van der Waals surface area contributed by atoms with Gasteiger partial charge in [0.15, 0.2) is 0 Å². The van der Waals surface area contributed by atoms with Gasteiger partial charge in [-0.2, -0.15) is 0 Å². The van der Waals surface area contributed by atoms with Crippen molar-refractivity contribution < 1.29 is 38.5 Å². The summed E-state index contributed by atoms with van der Waals surface area (Å²) in [5.41, 5.74) is -2.33. The van der Waals surface area contributed by atoms with Crippen LogP contribution in [0.15, 0.2) is 0 Å². The van der Waals surface area contributed by atoms with E-state index >= 15 is 0 Å². The van der Waals surface area contributed by atoms with E-state index in [-0.39, 0.29) is 26.1 Å². The first kappa shape index (κ1) is 27.4. The van der Waals surface area contributed by atoms with Crippen LogP contribution in [-0.4, -0.2) is 53.6 Å². The number of amides is 1. The molecule has 0 fully saturated rings. The van der Waals surface area contributed by atoms with E-state index in [0.29, 0.717) is 0 Å². The largest absolute Gasteiger partial charge is 0.465 e. The molecule has 0 aromatic heterocycles. The smallest absolute Gasteiger partial charge is 0.408 e. The Balaban J connectivity index is 4.86. The van der Waals surface area contributed by atoms with Crippen LogP contribution >= 0.6 is 0 Å². The lowest BCUT2D eigenvalue weighted by molar-refractivity contribution is -0.760. The molecule has 11 nitrogen and oxygen atoms in total. The first-order valence-electron chi connectivity index (χ1n) is 9.55. The van der Waals surface area contributed by atoms with E-state index in [4.69, 9.17) is 14.2 Å². The third-order valence-electron chi connectivity index (χ3n) is 3.20. The van der Waals surface area contributed by atoms with Gasteiger partial charge in [-0.1, -0.05) is 13.8 Å². The highest BCUT2D eigenvalue weighted by Crippen LogP contribution is 2.17. The number of ether oxygens (including phenoxy) is 3. The molecule has 0 bridgehead atoms. The number of carbonyl (C=O) groups excluding carboxylic acids is 3. The molecule has 0 aliphatic heterocycles. The van der Waals surface area contributed by atoms with E-state index in [0.717, 1.165) is 0 Å². The van der Waals surface area contributed by atoms with Gasteiger partial charge in [0, 0.05) is 11.8 Å². The average molecular weight is 434 g/mol. The maximum Gasteiger partial charge on any atom is 0.408 e. The fourth-order valence-corrected chi connectivity index (χ4v) is 1.95. The predicted molar refractivity (Wildman–Crippen MR) is 106 cm³/mol. The topological polar surface area (TPSA) is 143 Å². The van der Waals surface area contributed by atoms with E-state index < -0.39 is 45.8 Å². The zero-order chi connectivity index (χ0) is 23.8. The SMILES string of the molecule is CC(C)(COC(=O)CC[C@H](NC(=O)OC(C)(C)C)C(=O)OC(C)(C)C)CO[N+](=O)[O-]. The number of hydrogen-bond acceptors (Lipinski definition) is 9. The molecule has 11 heteroatoms. The Labute approximate surface area is 176 Å². The third-order valence-corrected chi connectivity index (χ3v) is 3.20. The van der Waals surface area contributed by atoms with Gasteiger partial charge in [-0.25, -0.2) is 9.59 Å². The molecule has 0 aromatic carbocycles. The van der Waals surface area contributed by atoms with Crippen LogP contribution in [0, 0.1) is 15.5 Å². The molecule has 0 aromatic rings. The Bertz CT molecular complexity index is 618. The minimum atomic E-state index is -1.11. The van der Waals surface area contributed by atoms with Crippen LogP contribution in [0.25, 0.3) is 0 Å². The molecule has 0 spiro atoms. The van der Waals surface area contributed by atoms with Crippen LogP contribution in [0.2, 0.25) is 0 Å². The summed E-state index contributed by atoms with van der Waals surface area (Å²) in [5.74, 6) is -1.34. The number of alkyl carbamates (subject to hydrolysis) is 1. The van der Waals surface area contributed by atoms with E-state index in [1.165, 1.54) is 0 Å². The first-order chi connectivity index (χ1) is 13.4. The second kappa shape index (κ2) is 11.0. The second-order valence-corrected chi connectivity index (χ2v) is 9.59. The van der Waals surface area contributed by atoms with Crippen molar-refractivity contribution in [2.45, 2.75) is 85.5 Å². The predicted octanol–water partition coefficient (Wildman–Crippen LogP) is 2.78. The molecular formula is C19H34N2O9. The molecule has 30 heavy (non-hydrogen) atoms. The highest BCUT2D eigenvalue weighted by Gasteiger charge is 2.30. The molecule has 0 aliphatic rings. The molecule has 0 unspecified atom stereocenters. The number of rotatable bonds is 10. The van der Waals surface area contributed by atoms with Gasteiger partial charge in [-0.05, 0) is 48.0 Å². The molecule has 1 atom stereocenters. The minimum Gasteiger partial charge on any atom is -0.465 e. The summed E-state index contributed by atoms with van der Waals surface area (Å²) >= 11 is 0. The highest BCUT2D eigenvalue weighted by molar-refractivity contribution is 5.82. The summed E-state index contributed by atoms with van der Waals surface area (Å²) in [7, 11) is 0. The van der Waals surface area contributed by atoms with Gasteiger partial charge in [-0.3, -0.25) is 4.79 Å². The normalized spacial score (nSPS) is 13.1. The van der Waals surface area contributed by atoms with Gasteiger partial charge in [0.1, 0.15) is 23.9 Å². The Hall–Kier alpha value is -2.59. The van der Waals surface area contributed by atoms with Crippen molar-refractivity contribution in [3.63, 3.8) is 0 Å². The van der Waals surface area contributed by atoms with Crippen LogP contribution in [0.3, 0.4) is 0 Å². The summed E-state index contributed by atoms with van der Waals surface area (Å²) in [5, 5.41) is 11.8. The van der Waals surface area contributed by atoms with Gasteiger partial charge >= 0.3 is 18.0 Å². The van der Waals surface area contributed by atoms with Gasteiger partial charge < -0.3 is 24.4 Å².